The van der Waals surface area contributed by atoms with Gasteiger partial charge in [-0.05, 0) is 38.0 Å². The second-order valence-electron chi connectivity index (χ2n) is 9.30. The first-order chi connectivity index (χ1) is 16.2. The number of piperazine rings is 1. The van der Waals surface area contributed by atoms with Gasteiger partial charge in [-0.2, -0.15) is 0 Å². The molecule has 5 heterocycles. The van der Waals surface area contributed by atoms with E-state index in [2.05, 4.69) is 37.2 Å². The molecule has 1 aliphatic carbocycles. The minimum Gasteiger partial charge on any atom is -0.473 e. The van der Waals surface area contributed by atoms with E-state index in [1.807, 2.05) is 25.5 Å². The molecule has 3 aromatic rings. The molecule has 3 aliphatic rings. The van der Waals surface area contributed by atoms with Crippen molar-refractivity contribution in [3.05, 3.63) is 30.7 Å². The highest BCUT2D eigenvalue weighted by atomic mass is 16.5. The topological polar surface area (TPSA) is 97.2 Å². The first kappa shape index (κ1) is 20.4. The molecule has 3 fully saturated rings. The molecule has 6 rings (SSSR count). The fraction of sp³-hybridized carbons (Fsp3) is 0.500. The maximum absolute atomic E-state index is 11.7. The summed E-state index contributed by atoms with van der Waals surface area (Å²) < 4.78 is 8.61. The number of hydrogen-bond donors (Lipinski definition) is 2. The van der Waals surface area contributed by atoms with Crippen LogP contribution in [0.25, 0.3) is 22.3 Å². The Balaban J connectivity index is 1.33. The Labute approximate surface area is 192 Å². The van der Waals surface area contributed by atoms with Gasteiger partial charge >= 0.3 is 0 Å². The molecule has 9 nitrogen and oxygen atoms in total. The van der Waals surface area contributed by atoms with Crippen LogP contribution in [0.15, 0.2) is 30.7 Å². The van der Waals surface area contributed by atoms with Gasteiger partial charge in [-0.1, -0.05) is 0 Å². The largest absolute Gasteiger partial charge is 0.473 e. The smallest absolute Gasteiger partial charge is 0.241 e. The van der Waals surface area contributed by atoms with Crippen molar-refractivity contribution in [1.29, 1.82) is 0 Å². The molecule has 33 heavy (non-hydrogen) atoms. The Morgan fingerprint density at radius 2 is 2.03 bits per heavy atom. The van der Waals surface area contributed by atoms with Gasteiger partial charge in [-0.3, -0.25) is 4.79 Å². The van der Waals surface area contributed by atoms with Crippen LogP contribution in [0.2, 0.25) is 0 Å². The zero-order valence-electron chi connectivity index (χ0n) is 18.8. The molecule has 2 N–H and O–H groups in total. The average molecular weight is 448 g/mol. The number of pyridine rings is 2. The van der Waals surface area contributed by atoms with Crippen molar-refractivity contribution >= 4 is 22.8 Å². The fourth-order valence-electron chi connectivity index (χ4n) is 4.74. The quantitative estimate of drug-likeness (QED) is 0.598. The first-order valence-electron chi connectivity index (χ1n) is 11.9. The monoisotopic (exact) mass is 447 g/mol. The first-order valence-corrected chi connectivity index (χ1v) is 11.9. The van der Waals surface area contributed by atoms with Crippen molar-refractivity contribution in [3.8, 4) is 17.1 Å². The molecule has 2 saturated heterocycles. The van der Waals surface area contributed by atoms with Gasteiger partial charge in [-0.25, -0.2) is 15.0 Å². The van der Waals surface area contributed by atoms with E-state index in [-0.39, 0.29) is 17.9 Å². The second kappa shape index (κ2) is 8.30. The minimum absolute atomic E-state index is 0.0842. The summed E-state index contributed by atoms with van der Waals surface area (Å²) in [4.78, 5) is 28.3. The summed E-state index contributed by atoms with van der Waals surface area (Å²) in [5, 5.41) is 6.28. The predicted molar refractivity (Wildman–Crippen MR) is 125 cm³/mol. The zero-order valence-corrected chi connectivity index (χ0v) is 18.8. The third-order valence-electron chi connectivity index (χ3n) is 6.92. The van der Waals surface area contributed by atoms with Crippen molar-refractivity contribution < 1.29 is 9.53 Å². The number of amides is 1. The highest BCUT2D eigenvalue weighted by Crippen LogP contribution is 2.40. The fourth-order valence-corrected chi connectivity index (χ4v) is 4.74. The van der Waals surface area contributed by atoms with Gasteiger partial charge in [0.25, 0.3) is 0 Å². The lowest BCUT2D eigenvalue weighted by Crippen LogP contribution is -2.43. The van der Waals surface area contributed by atoms with Crippen LogP contribution in [0.3, 0.4) is 0 Å². The predicted octanol–water partition coefficient (Wildman–Crippen LogP) is 2.14. The number of imidazole rings is 1. The number of fused-ring (bicyclic) bond motifs is 1. The van der Waals surface area contributed by atoms with Gasteiger partial charge in [0.2, 0.25) is 11.8 Å². The van der Waals surface area contributed by atoms with Crippen LogP contribution < -0.4 is 20.3 Å². The summed E-state index contributed by atoms with van der Waals surface area (Å²) in [6.07, 6.45) is 6.45. The molecule has 1 amide bonds. The number of carbonyl (C=O) groups excluding carboxylic acids is 1. The molecular weight excluding hydrogens is 418 g/mol. The normalized spacial score (nSPS) is 21.9. The van der Waals surface area contributed by atoms with Crippen molar-refractivity contribution in [2.45, 2.75) is 38.3 Å². The van der Waals surface area contributed by atoms with E-state index in [4.69, 9.17) is 14.7 Å². The van der Waals surface area contributed by atoms with Crippen LogP contribution >= 0.6 is 0 Å². The number of ether oxygens (including phenoxy) is 1. The number of anilines is 1. The SMILES string of the molecule is CC(Oc1nc(-c2ccc(N3CCNCC3)nc2)cc2ncn(C3CC3)c12)C1CNC(=O)C1. The number of nitrogens with one attached hydrogen (secondary N) is 2. The summed E-state index contributed by atoms with van der Waals surface area (Å²) in [7, 11) is 0. The van der Waals surface area contributed by atoms with Gasteiger partial charge in [0, 0.05) is 62.9 Å². The highest BCUT2D eigenvalue weighted by Gasteiger charge is 2.31. The summed E-state index contributed by atoms with van der Waals surface area (Å²) in [6.45, 7) is 6.54. The van der Waals surface area contributed by atoms with Gasteiger partial charge in [-0.15, -0.1) is 0 Å². The van der Waals surface area contributed by atoms with E-state index in [0.29, 0.717) is 24.9 Å². The van der Waals surface area contributed by atoms with Crippen molar-refractivity contribution in [2.24, 2.45) is 5.92 Å². The molecule has 172 valence electrons. The Kier molecular flexibility index (Phi) is 5.13. The average Bonchev–Trinajstić information content (AvgIpc) is 3.45. The summed E-state index contributed by atoms with van der Waals surface area (Å²) in [5.74, 6) is 1.80. The van der Waals surface area contributed by atoms with E-state index in [0.717, 1.165) is 67.1 Å². The summed E-state index contributed by atoms with van der Waals surface area (Å²) in [6, 6.07) is 6.63. The molecule has 0 bridgehead atoms. The van der Waals surface area contributed by atoms with Crippen LogP contribution in [0.1, 0.15) is 32.2 Å². The van der Waals surface area contributed by atoms with Crippen molar-refractivity contribution in [1.82, 2.24) is 30.2 Å². The Hall–Kier alpha value is -3.20. The molecule has 3 aromatic heterocycles. The molecule has 0 aromatic carbocycles. The van der Waals surface area contributed by atoms with E-state index in [1.165, 1.54) is 0 Å². The van der Waals surface area contributed by atoms with E-state index in [1.54, 1.807) is 0 Å². The number of carbonyl (C=O) groups is 1. The second-order valence-corrected chi connectivity index (χ2v) is 9.30. The third-order valence-corrected chi connectivity index (χ3v) is 6.92. The minimum atomic E-state index is -0.134. The van der Waals surface area contributed by atoms with Crippen molar-refractivity contribution in [2.75, 3.05) is 37.6 Å². The molecule has 2 atom stereocenters. The number of rotatable bonds is 6. The molecular formula is C24H29N7O2. The van der Waals surface area contributed by atoms with Gasteiger partial charge in [0.1, 0.15) is 17.4 Å². The molecule has 9 heteroatoms. The summed E-state index contributed by atoms with van der Waals surface area (Å²) in [5.41, 5.74) is 3.55. The van der Waals surface area contributed by atoms with E-state index in [9.17, 15) is 4.79 Å². The maximum atomic E-state index is 11.7. The number of hydrogen-bond acceptors (Lipinski definition) is 7. The van der Waals surface area contributed by atoms with Crippen LogP contribution in [-0.4, -0.2) is 64.3 Å². The molecule has 2 unspecified atom stereocenters. The number of nitrogens with zero attached hydrogens (tertiary/aromatic N) is 5. The van der Waals surface area contributed by atoms with E-state index >= 15 is 0 Å². The molecule has 2 aliphatic heterocycles. The molecule has 1 saturated carbocycles. The Bertz CT molecular complexity index is 1170. The zero-order chi connectivity index (χ0) is 22.4. The standard InChI is InChI=1S/C24H29N7O2/c1-15(17-10-22(32)27-13-17)33-24-23-20(28-14-31(23)18-3-4-18)11-19(29-24)16-2-5-21(26-12-16)30-8-6-25-7-9-30/h2,5,11-12,14-15,17-18,25H,3-4,6-10,13H2,1H3,(H,27,32). The Morgan fingerprint density at radius 3 is 2.73 bits per heavy atom. The van der Waals surface area contributed by atoms with Crippen LogP contribution in [0.5, 0.6) is 5.88 Å². The van der Waals surface area contributed by atoms with Crippen molar-refractivity contribution in [3.63, 3.8) is 0 Å². The van der Waals surface area contributed by atoms with Gasteiger partial charge in [0.15, 0.2) is 0 Å². The lowest BCUT2D eigenvalue weighted by atomic mass is 10.0. The lowest BCUT2D eigenvalue weighted by molar-refractivity contribution is -0.119. The van der Waals surface area contributed by atoms with Crippen LogP contribution in [-0.2, 0) is 4.79 Å². The molecule has 0 spiro atoms. The van der Waals surface area contributed by atoms with E-state index < -0.39 is 0 Å². The third kappa shape index (κ3) is 4.01. The number of aromatic nitrogens is 4. The van der Waals surface area contributed by atoms with Crippen LogP contribution in [0, 0.1) is 5.92 Å². The highest BCUT2D eigenvalue weighted by molar-refractivity contribution is 5.85. The summed E-state index contributed by atoms with van der Waals surface area (Å²) >= 11 is 0. The lowest BCUT2D eigenvalue weighted by Gasteiger charge is -2.28. The maximum Gasteiger partial charge on any atom is 0.241 e. The van der Waals surface area contributed by atoms with Crippen LogP contribution in [0.4, 0.5) is 5.82 Å². The van der Waals surface area contributed by atoms with Gasteiger partial charge < -0.3 is 24.8 Å². The molecule has 0 radical (unpaired) electrons. The Morgan fingerprint density at radius 1 is 1.18 bits per heavy atom. The van der Waals surface area contributed by atoms with Gasteiger partial charge in [0.05, 0.1) is 17.5 Å².